The van der Waals surface area contributed by atoms with Gasteiger partial charge in [0.25, 0.3) is 0 Å². The normalized spacial score (nSPS) is 22.1. The highest BCUT2D eigenvalue weighted by atomic mass is 16.5. The molecule has 0 spiro atoms. The molecule has 108 valence electrons. The lowest BCUT2D eigenvalue weighted by atomic mass is 9.84. The van der Waals surface area contributed by atoms with Crippen LogP contribution in [0.15, 0.2) is 4.52 Å². The molecule has 1 N–H and O–H groups in total. The molecule has 1 aliphatic rings. The van der Waals surface area contributed by atoms with Crippen LogP contribution in [0, 0.1) is 0 Å². The number of methoxy groups -OCH3 is 1. The number of aliphatic hydroxyl groups is 1. The van der Waals surface area contributed by atoms with Crippen LogP contribution < -0.4 is 0 Å². The highest BCUT2D eigenvalue weighted by Crippen LogP contribution is 2.39. The van der Waals surface area contributed by atoms with Gasteiger partial charge in [0.1, 0.15) is 5.60 Å². The summed E-state index contributed by atoms with van der Waals surface area (Å²) < 4.78 is 11.0. The Morgan fingerprint density at radius 3 is 2.63 bits per heavy atom. The molecule has 5 nitrogen and oxygen atoms in total. The van der Waals surface area contributed by atoms with E-state index >= 15 is 0 Å². The number of ether oxygens (including phenoxy) is 1. The predicted octanol–water partition coefficient (Wildman–Crippen LogP) is 2.75. The molecule has 0 aliphatic heterocycles. The van der Waals surface area contributed by atoms with Gasteiger partial charge in [-0.05, 0) is 19.3 Å². The lowest BCUT2D eigenvalue weighted by Crippen LogP contribution is -2.32. The molecule has 0 radical (unpaired) electrons. The molecule has 2 atom stereocenters. The average molecular weight is 268 g/mol. The molecule has 0 bridgehead atoms. The average Bonchev–Trinajstić information content (AvgIpc) is 2.96. The maximum Gasteiger partial charge on any atom is 0.232 e. The van der Waals surface area contributed by atoms with Crippen LogP contribution in [-0.2, 0) is 10.3 Å². The molecular formula is C14H24N2O3. The summed E-state index contributed by atoms with van der Waals surface area (Å²) in [5.41, 5.74) is -0.392. The van der Waals surface area contributed by atoms with Gasteiger partial charge in [-0.2, -0.15) is 4.98 Å². The summed E-state index contributed by atoms with van der Waals surface area (Å²) >= 11 is 0. The zero-order chi connectivity index (χ0) is 13.9. The van der Waals surface area contributed by atoms with Gasteiger partial charge in [-0.3, -0.25) is 0 Å². The van der Waals surface area contributed by atoms with Crippen LogP contribution in [0.2, 0.25) is 0 Å². The first-order valence-electron chi connectivity index (χ1n) is 7.20. The maximum absolute atomic E-state index is 9.86. The van der Waals surface area contributed by atoms with Gasteiger partial charge in [-0.1, -0.05) is 38.3 Å². The highest BCUT2D eigenvalue weighted by Gasteiger charge is 2.39. The van der Waals surface area contributed by atoms with Gasteiger partial charge in [0.2, 0.25) is 11.7 Å². The molecular weight excluding hydrogens is 244 g/mol. The first-order valence-corrected chi connectivity index (χ1v) is 7.20. The molecule has 1 aliphatic carbocycles. The SMILES string of the molecule is CCC(O)C(C)c1nc(C2(OC)CCCCC2)no1. The van der Waals surface area contributed by atoms with Crippen LogP contribution in [0.4, 0.5) is 0 Å². The second-order valence-electron chi connectivity index (χ2n) is 5.48. The van der Waals surface area contributed by atoms with E-state index in [0.29, 0.717) is 18.1 Å². The summed E-state index contributed by atoms with van der Waals surface area (Å²) in [6, 6.07) is 0. The largest absolute Gasteiger partial charge is 0.392 e. The van der Waals surface area contributed by atoms with Crippen molar-refractivity contribution in [3.63, 3.8) is 0 Å². The summed E-state index contributed by atoms with van der Waals surface area (Å²) in [5.74, 6) is 1.01. The van der Waals surface area contributed by atoms with Gasteiger partial charge >= 0.3 is 0 Å². The van der Waals surface area contributed by atoms with Crippen LogP contribution in [0.5, 0.6) is 0 Å². The first kappa shape index (κ1) is 14.5. The van der Waals surface area contributed by atoms with E-state index in [1.165, 1.54) is 6.42 Å². The van der Waals surface area contributed by atoms with Crippen molar-refractivity contribution >= 4 is 0 Å². The van der Waals surface area contributed by atoms with Crippen molar-refractivity contribution < 1.29 is 14.4 Å². The van der Waals surface area contributed by atoms with Crippen LogP contribution >= 0.6 is 0 Å². The number of hydrogen-bond donors (Lipinski definition) is 1. The summed E-state index contributed by atoms with van der Waals surface area (Å²) in [6.45, 7) is 3.85. The molecule has 5 heteroatoms. The monoisotopic (exact) mass is 268 g/mol. The Labute approximate surface area is 114 Å². The van der Waals surface area contributed by atoms with E-state index in [9.17, 15) is 5.11 Å². The summed E-state index contributed by atoms with van der Waals surface area (Å²) in [7, 11) is 1.71. The molecule has 1 heterocycles. The van der Waals surface area contributed by atoms with Crippen LogP contribution in [0.25, 0.3) is 0 Å². The molecule has 1 saturated carbocycles. The number of aliphatic hydroxyl groups excluding tert-OH is 1. The zero-order valence-electron chi connectivity index (χ0n) is 12.1. The number of nitrogens with zero attached hydrogens (tertiary/aromatic N) is 2. The Morgan fingerprint density at radius 2 is 2.05 bits per heavy atom. The molecule has 2 rings (SSSR count). The van der Waals surface area contributed by atoms with Crippen molar-refractivity contribution in [2.24, 2.45) is 0 Å². The minimum absolute atomic E-state index is 0.135. The Balaban J connectivity index is 2.19. The smallest absolute Gasteiger partial charge is 0.232 e. The van der Waals surface area contributed by atoms with Crippen LogP contribution in [0.1, 0.15) is 70.0 Å². The van der Waals surface area contributed by atoms with E-state index in [0.717, 1.165) is 25.7 Å². The standard InChI is InChI=1S/C14H24N2O3/c1-4-11(17)10(2)12-15-13(16-19-12)14(18-3)8-6-5-7-9-14/h10-11,17H,4-9H2,1-3H3. The summed E-state index contributed by atoms with van der Waals surface area (Å²) in [5, 5.41) is 14.0. The van der Waals surface area contributed by atoms with E-state index in [1.807, 2.05) is 13.8 Å². The molecule has 0 aromatic carbocycles. The Bertz CT molecular complexity index is 399. The summed E-state index contributed by atoms with van der Waals surface area (Å²) in [6.07, 6.45) is 5.60. The second-order valence-corrected chi connectivity index (χ2v) is 5.48. The minimum Gasteiger partial charge on any atom is -0.392 e. The highest BCUT2D eigenvalue weighted by molar-refractivity contribution is 5.05. The molecule has 1 aromatic rings. The van der Waals surface area contributed by atoms with Crippen molar-refractivity contribution in [1.29, 1.82) is 0 Å². The number of rotatable bonds is 5. The van der Waals surface area contributed by atoms with Gasteiger partial charge in [0, 0.05) is 7.11 Å². The fraction of sp³-hybridized carbons (Fsp3) is 0.857. The Morgan fingerprint density at radius 1 is 1.37 bits per heavy atom. The third-order valence-electron chi connectivity index (χ3n) is 4.29. The third-order valence-corrected chi connectivity index (χ3v) is 4.29. The van der Waals surface area contributed by atoms with Crippen LogP contribution in [0.3, 0.4) is 0 Å². The lowest BCUT2D eigenvalue weighted by molar-refractivity contribution is -0.0527. The molecule has 0 saturated heterocycles. The topological polar surface area (TPSA) is 68.4 Å². The van der Waals surface area contributed by atoms with Gasteiger partial charge in [-0.15, -0.1) is 0 Å². The van der Waals surface area contributed by atoms with Crippen LogP contribution in [-0.4, -0.2) is 28.5 Å². The fourth-order valence-corrected chi connectivity index (χ4v) is 2.77. The van der Waals surface area contributed by atoms with Crippen molar-refractivity contribution in [3.8, 4) is 0 Å². The Hall–Kier alpha value is -0.940. The van der Waals surface area contributed by atoms with Crippen molar-refractivity contribution in [1.82, 2.24) is 10.1 Å². The zero-order valence-corrected chi connectivity index (χ0v) is 12.1. The molecule has 2 unspecified atom stereocenters. The Kier molecular flexibility index (Phi) is 4.58. The van der Waals surface area contributed by atoms with Gasteiger partial charge in [0.05, 0.1) is 12.0 Å². The van der Waals surface area contributed by atoms with E-state index in [4.69, 9.17) is 9.26 Å². The number of aromatic nitrogens is 2. The van der Waals surface area contributed by atoms with E-state index in [-0.39, 0.29) is 5.92 Å². The first-order chi connectivity index (χ1) is 9.13. The predicted molar refractivity (Wildman–Crippen MR) is 70.8 cm³/mol. The van der Waals surface area contributed by atoms with Crippen molar-refractivity contribution in [3.05, 3.63) is 11.7 Å². The van der Waals surface area contributed by atoms with Gasteiger partial charge in [-0.25, -0.2) is 0 Å². The second kappa shape index (κ2) is 6.01. The summed E-state index contributed by atoms with van der Waals surface area (Å²) in [4.78, 5) is 4.48. The molecule has 1 fully saturated rings. The van der Waals surface area contributed by atoms with E-state index < -0.39 is 11.7 Å². The minimum atomic E-state index is -0.446. The maximum atomic E-state index is 9.86. The van der Waals surface area contributed by atoms with Gasteiger partial charge < -0.3 is 14.4 Å². The van der Waals surface area contributed by atoms with E-state index in [2.05, 4.69) is 10.1 Å². The molecule has 0 amide bonds. The molecule has 1 aromatic heterocycles. The van der Waals surface area contributed by atoms with Crippen molar-refractivity contribution in [2.45, 2.75) is 70.0 Å². The molecule has 19 heavy (non-hydrogen) atoms. The quantitative estimate of drug-likeness (QED) is 0.889. The van der Waals surface area contributed by atoms with E-state index in [1.54, 1.807) is 7.11 Å². The van der Waals surface area contributed by atoms with Gasteiger partial charge in [0.15, 0.2) is 0 Å². The fourth-order valence-electron chi connectivity index (χ4n) is 2.77. The third kappa shape index (κ3) is 2.82. The number of hydrogen-bond acceptors (Lipinski definition) is 5. The lowest BCUT2D eigenvalue weighted by Gasteiger charge is -2.32. The van der Waals surface area contributed by atoms with Crippen molar-refractivity contribution in [2.75, 3.05) is 7.11 Å².